The number of hydrogen-bond donors (Lipinski definition) is 4. The lowest BCUT2D eigenvalue weighted by molar-refractivity contribution is 0.0675. The van der Waals surface area contributed by atoms with Crippen LogP contribution >= 0.6 is 11.6 Å². The average Bonchev–Trinajstić information content (AvgIpc) is 2.43. The third-order valence-corrected chi connectivity index (χ3v) is 3.44. The highest BCUT2D eigenvalue weighted by Gasteiger charge is 2.27. The molecular weight excluding hydrogens is 332 g/mol. The van der Waals surface area contributed by atoms with E-state index in [1.54, 1.807) is 0 Å². The van der Waals surface area contributed by atoms with Crippen molar-refractivity contribution < 1.29 is 39.6 Å². The van der Waals surface area contributed by atoms with Crippen LogP contribution in [0.5, 0.6) is 0 Å². The van der Waals surface area contributed by atoms with Crippen molar-refractivity contribution in [2.75, 3.05) is 0 Å². The van der Waals surface area contributed by atoms with Crippen LogP contribution < -0.4 is 0 Å². The van der Waals surface area contributed by atoms with Gasteiger partial charge in [0.1, 0.15) is 0 Å². The highest BCUT2D eigenvalue weighted by Crippen LogP contribution is 2.34. The molecule has 0 fully saturated rings. The van der Waals surface area contributed by atoms with Crippen LogP contribution in [-0.2, 0) is 0 Å². The van der Waals surface area contributed by atoms with E-state index in [0.29, 0.717) is 0 Å². The summed E-state index contributed by atoms with van der Waals surface area (Å²) in [5.41, 5.74) is -2.38. The Morgan fingerprint density at radius 1 is 0.696 bits per heavy atom. The predicted molar refractivity (Wildman–Crippen MR) is 76.8 cm³/mol. The molecular formula is C14H7ClO8. The zero-order chi connectivity index (χ0) is 17.5. The van der Waals surface area contributed by atoms with Gasteiger partial charge in [-0.15, -0.1) is 0 Å². The minimum atomic E-state index is -1.61. The van der Waals surface area contributed by atoms with E-state index in [1.807, 2.05) is 0 Å². The normalized spacial score (nSPS) is 10.5. The van der Waals surface area contributed by atoms with Gasteiger partial charge in [-0.2, -0.15) is 0 Å². The van der Waals surface area contributed by atoms with E-state index in [2.05, 4.69) is 0 Å². The molecule has 23 heavy (non-hydrogen) atoms. The first kappa shape index (κ1) is 16.2. The molecule has 0 unspecified atom stereocenters. The lowest BCUT2D eigenvalue weighted by Gasteiger charge is -2.13. The number of rotatable bonds is 4. The maximum atomic E-state index is 11.4. The van der Waals surface area contributed by atoms with Crippen molar-refractivity contribution in [3.63, 3.8) is 0 Å². The zero-order valence-electron chi connectivity index (χ0n) is 11.0. The van der Waals surface area contributed by atoms with Crippen molar-refractivity contribution in [2.24, 2.45) is 0 Å². The van der Waals surface area contributed by atoms with Crippen molar-refractivity contribution in [3.05, 3.63) is 45.5 Å². The minimum absolute atomic E-state index is 0.507. The summed E-state index contributed by atoms with van der Waals surface area (Å²) in [6.45, 7) is 0. The summed E-state index contributed by atoms with van der Waals surface area (Å²) in [6, 6.07) is 2.58. The highest BCUT2D eigenvalue weighted by molar-refractivity contribution is 6.37. The number of hydrogen-bond acceptors (Lipinski definition) is 4. The Bertz CT molecular complexity index is 900. The number of aromatic carboxylic acids is 4. The molecule has 2 aromatic carbocycles. The second kappa shape index (κ2) is 5.58. The van der Waals surface area contributed by atoms with Crippen LogP contribution in [0.15, 0.2) is 18.2 Å². The van der Waals surface area contributed by atoms with Gasteiger partial charge in [-0.05, 0) is 18.2 Å². The SMILES string of the molecule is O=C(O)c1ccc(C(=O)O)c2c(C(=O)O)c(Cl)cc(C(=O)O)c12. The number of carboxylic acid groups (broad SMARTS) is 4. The molecule has 0 aliphatic carbocycles. The first-order chi connectivity index (χ1) is 10.7. The first-order valence-electron chi connectivity index (χ1n) is 5.89. The second-order valence-electron chi connectivity index (χ2n) is 4.41. The smallest absolute Gasteiger partial charge is 0.337 e. The van der Waals surface area contributed by atoms with Crippen molar-refractivity contribution in [3.8, 4) is 0 Å². The summed E-state index contributed by atoms with van der Waals surface area (Å²) < 4.78 is 0. The number of carbonyl (C=O) groups is 4. The maximum Gasteiger partial charge on any atom is 0.337 e. The van der Waals surface area contributed by atoms with Crippen LogP contribution in [0, 0.1) is 0 Å². The summed E-state index contributed by atoms with van der Waals surface area (Å²) in [6.07, 6.45) is 0. The van der Waals surface area contributed by atoms with Gasteiger partial charge in [0.2, 0.25) is 0 Å². The van der Waals surface area contributed by atoms with Gasteiger partial charge in [-0.1, -0.05) is 11.6 Å². The molecule has 118 valence electrons. The van der Waals surface area contributed by atoms with Crippen LogP contribution in [0.4, 0.5) is 0 Å². The first-order valence-corrected chi connectivity index (χ1v) is 6.27. The molecule has 0 aliphatic rings. The largest absolute Gasteiger partial charge is 0.478 e. The summed E-state index contributed by atoms with van der Waals surface area (Å²) in [4.78, 5) is 45.4. The van der Waals surface area contributed by atoms with Gasteiger partial charge >= 0.3 is 23.9 Å². The molecule has 2 aromatic rings. The van der Waals surface area contributed by atoms with Crippen molar-refractivity contribution in [1.82, 2.24) is 0 Å². The molecule has 0 aromatic heterocycles. The second-order valence-corrected chi connectivity index (χ2v) is 4.82. The monoisotopic (exact) mass is 338 g/mol. The highest BCUT2D eigenvalue weighted by atomic mass is 35.5. The van der Waals surface area contributed by atoms with E-state index >= 15 is 0 Å². The fraction of sp³-hybridized carbons (Fsp3) is 0. The van der Waals surface area contributed by atoms with Crippen LogP contribution in [0.2, 0.25) is 5.02 Å². The number of benzene rings is 2. The van der Waals surface area contributed by atoms with Crippen molar-refractivity contribution in [2.45, 2.75) is 0 Å². The summed E-state index contributed by atoms with van der Waals surface area (Å²) >= 11 is 5.77. The van der Waals surface area contributed by atoms with Crippen LogP contribution in [0.3, 0.4) is 0 Å². The number of carboxylic acids is 4. The van der Waals surface area contributed by atoms with E-state index in [9.17, 15) is 39.6 Å². The van der Waals surface area contributed by atoms with Gasteiger partial charge in [0.15, 0.2) is 0 Å². The number of halogens is 1. The molecule has 0 aliphatic heterocycles. The summed E-state index contributed by atoms with van der Waals surface area (Å²) in [5, 5.41) is 35.3. The Morgan fingerprint density at radius 3 is 1.52 bits per heavy atom. The molecule has 8 nitrogen and oxygen atoms in total. The van der Waals surface area contributed by atoms with Crippen molar-refractivity contribution in [1.29, 1.82) is 0 Å². The molecule has 0 radical (unpaired) electrons. The summed E-state index contributed by atoms with van der Waals surface area (Å²) in [7, 11) is 0. The topological polar surface area (TPSA) is 149 Å². The zero-order valence-corrected chi connectivity index (χ0v) is 11.8. The molecule has 0 saturated carbocycles. The molecule has 0 spiro atoms. The van der Waals surface area contributed by atoms with Crippen molar-refractivity contribution >= 4 is 46.3 Å². The van der Waals surface area contributed by atoms with Crippen LogP contribution in [-0.4, -0.2) is 44.3 Å². The summed E-state index contributed by atoms with van der Waals surface area (Å²) in [5.74, 6) is -6.26. The Hall–Kier alpha value is -3.13. The third-order valence-electron chi connectivity index (χ3n) is 3.14. The molecule has 0 saturated heterocycles. The molecule has 0 amide bonds. The van der Waals surface area contributed by atoms with E-state index in [4.69, 9.17) is 11.6 Å². The van der Waals surface area contributed by atoms with Gasteiger partial charge in [-0.3, -0.25) is 0 Å². The Labute approximate surface area is 132 Å². The van der Waals surface area contributed by atoms with E-state index < -0.39 is 61.9 Å². The number of fused-ring (bicyclic) bond motifs is 1. The fourth-order valence-corrected chi connectivity index (χ4v) is 2.55. The lowest BCUT2D eigenvalue weighted by Crippen LogP contribution is -2.12. The van der Waals surface area contributed by atoms with Gasteiger partial charge in [0.05, 0.1) is 27.3 Å². The van der Waals surface area contributed by atoms with Crippen LogP contribution in [0.1, 0.15) is 41.4 Å². The van der Waals surface area contributed by atoms with Gasteiger partial charge in [-0.25, -0.2) is 19.2 Å². The Morgan fingerprint density at radius 2 is 1.13 bits per heavy atom. The predicted octanol–water partition coefficient (Wildman–Crippen LogP) is 2.29. The van der Waals surface area contributed by atoms with Crippen LogP contribution in [0.25, 0.3) is 10.8 Å². The van der Waals surface area contributed by atoms with Gasteiger partial charge in [0, 0.05) is 10.8 Å². The van der Waals surface area contributed by atoms with Gasteiger partial charge in [0.25, 0.3) is 0 Å². The quantitative estimate of drug-likeness (QED) is 0.663. The molecule has 0 atom stereocenters. The molecule has 0 heterocycles. The third kappa shape index (κ3) is 2.55. The average molecular weight is 339 g/mol. The standard InChI is InChI=1S/C14H7ClO8/c15-7-3-6(13(20)21)8-4(11(16)17)1-2-5(12(18)19)9(8)10(7)14(22)23/h1-3H,(H,16,17)(H,18,19)(H,20,21)(H,22,23). The lowest BCUT2D eigenvalue weighted by atomic mass is 9.91. The molecule has 2 rings (SSSR count). The van der Waals surface area contributed by atoms with Gasteiger partial charge < -0.3 is 20.4 Å². The fourth-order valence-electron chi connectivity index (χ4n) is 2.27. The Balaban J connectivity index is 3.26. The molecule has 4 N–H and O–H groups in total. The van der Waals surface area contributed by atoms with E-state index in [0.717, 1.165) is 18.2 Å². The molecule has 9 heteroatoms. The van der Waals surface area contributed by atoms with E-state index in [-0.39, 0.29) is 0 Å². The minimum Gasteiger partial charge on any atom is -0.478 e. The maximum absolute atomic E-state index is 11.4. The van der Waals surface area contributed by atoms with E-state index in [1.165, 1.54) is 0 Å². The Kier molecular flexibility index (Phi) is 3.94. The molecule has 0 bridgehead atoms.